The molecule has 3 amide bonds. The van der Waals surface area contributed by atoms with E-state index in [1.165, 1.54) is 24.0 Å². The van der Waals surface area contributed by atoms with Crippen LogP contribution in [0.1, 0.15) is 66.4 Å². The molecule has 6 nitrogen and oxygen atoms in total. The van der Waals surface area contributed by atoms with Crippen molar-refractivity contribution in [2.45, 2.75) is 63.8 Å². The number of benzene rings is 1. The van der Waals surface area contributed by atoms with Crippen molar-refractivity contribution in [1.29, 1.82) is 0 Å². The summed E-state index contributed by atoms with van der Waals surface area (Å²) in [6, 6.07) is 5.15. The molecule has 1 saturated carbocycles. The fraction of sp³-hybridized carbons (Fsp3) is 0.550. The van der Waals surface area contributed by atoms with Gasteiger partial charge in [0.15, 0.2) is 6.61 Å². The van der Waals surface area contributed by atoms with Gasteiger partial charge < -0.3 is 10.1 Å². The lowest BCUT2D eigenvalue weighted by Gasteiger charge is -2.22. The molecule has 0 saturated heterocycles. The van der Waals surface area contributed by atoms with E-state index in [2.05, 4.69) is 10.6 Å². The summed E-state index contributed by atoms with van der Waals surface area (Å²) in [5.74, 6) is -1.16. The maximum absolute atomic E-state index is 12.1. The summed E-state index contributed by atoms with van der Waals surface area (Å²) in [4.78, 5) is 35.8. The summed E-state index contributed by atoms with van der Waals surface area (Å²) in [6.45, 7) is -0.464. The Kier molecular flexibility index (Phi) is 6.26. The molecule has 3 rings (SSSR count). The maximum Gasteiger partial charge on any atom is 0.338 e. The Labute approximate surface area is 153 Å². The van der Waals surface area contributed by atoms with E-state index in [4.69, 9.17) is 4.74 Å². The van der Waals surface area contributed by atoms with Gasteiger partial charge in [-0.05, 0) is 61.8 Å². The minimum absolute atomic E-state index is 0.120. The lowest BCUT2D eigenvalue weighted by Crippen LogP contribution is -2.46. The molecule has 0 heterocycles. The topological polar surface area (TPSA) is 84.5 Å². The van der Waals surface area contributed by atoms with Gasteiger partial charge in [0.05, 0.1) is 5.56 Å². The van der Waals surface area contributed by atoms with Crippen molar-refractivity contribution in [2.75, 3.05) is 6.61 Å². The minimum Gasteiger partial charge on any atom is -0.452 e. The summed E-state index contributed by atoms with van der Waals surface area (Å²) >= 11 is 0. The Morgan fingerprint density at radius 3 is 2.46 bits per heavy atom. The number of carbonyl (C=O) groups excluding carboxylic acids is 3. The van der Waals surface area contributed by atoms with Crippen LogP contribution in [-0.4, -0.2) is 30.6 Å². The smallest absolute Gasteiger partial charge is 0.338 e. The first-order valence-electron chi connectivity index (χ1n) is 9.51. The number of hydrogen-bond acceptors (Lipinski definition) is 4. The van der Waals surface area contributed by atoms with E-state index in [1.54, 1.807) is 6.07 Å². The van der Waals surface area contributed by atoms with E-state index in [9.17, 15) is 14.4 Å². The Morgan fingerprint density at radius 2 is 1.69 bits per heavy atom. The van der Waals surface area contributed by atoms with Crippen LogP contribution in [0.5, 0.6) is 0 Å². The highest BCUT2D eigenvalue weighted by Gasteiger charge is 2.18. The van der Waals surface area contributed by atoms with Gasteiger partial charge in [-0.25, -0.2) is 9.59 Å². The third kappa shape index (κ3) is 5.07. The summed E-state index contributed by atoms with van der Waals surface area (Å²) in [7, 11) is 0. The van der Waals surface area contributed by atoms with E-state index in [0.29, 0.717) is 5.56 Å². The quantitative estimate of drug-likeness (QED) is 0.811. The van der Waals surface area contributed by atoms with Gasteiger partial charge >= 0.3 is 12.0 Å². The van der Waals surface area contributed by atoms with Gasteiger partial charge in [-0.1, -0.05) is 25.3 Å². The number of ether oxygens (including phenoxy) is 1. The molecule has 26 heavy (non-hydrogen) atoms. The van der Waals surface area contributed by atoms with Crippen molar-refractivity contribution in [3.63, 3.8) is 0 Å². The Bertz CT molecular complexity index is 680. The van der Waals surface area contributed by atoms with Crippen LogP contribution in [0.4, 0.5) is 4.79 Å². The highest BCUT2D eigenvalue weighted by Crippen LogP contribution is 2.22. The van der Waals surface area contributed by atoms with Crippen LogP contribution >= 0.6 is 0 Å². The van der Waals surface area contributed by atoms with Gasteiger partial charge in [-0.2, -0.15) is 0 Å². The second-order valence-electron chi connectivity index (χ2n) is 7.12. The molecule has 0 aromatic heterocycles. The maximum atomic E-state index is 12.1. The number of esters is 1. The molecule has 140 valence electrons. The number of carbonyl (C=O) groups is 3. The summed E-state index contributed by atoms with van der Waals surface area (Å²) < 4.78 is 5.04. The largest absolute Gasteiger partial charge is 0.452 e. The molecule has 2 aliphatic carbocycles. The zero-order valence-corrected chi connectivity index (χ0v) is 15.0. The molecule has 0 spiro atoms. The first-order valence-corrected chi connectivity index (χ1v) is 9.51. The lowest BCUT2D eigenvalue weighted by molar-refractivity contribution is -0.123. The van der Waals surface area contributed by atoms with Gasteiger partial charge in [0.1, 0.15) is 0 Å². The predicted octanol–water partition coefficient (Wildman–Crippen LogP) is 2.88. The fourth-order valence-electron chi connectivity index (χ4n) is 3.71. The van der Waals surface area contributed by atoms with Gasteiger partial charge in [0.2, 0.25) is 0 Å². The molecule has 6 heteroatoms. The molecular weight excluding hydrogens is 332 g/mol. The van der Waals surface area contributed by atoms with Crippen molar-refractivity contribution < 1.29 is 19.1 Å². The molecule has 0 unspecified atom stereocenters. The molecule has 0 aliphatic heterocycles. The van der Waals surface area contributed by atoms with E-state index in [-0.39, 0.29) is 6.04 Å². The predicted molar refractivity (Wildman–Crippen MR) is 96.9 cm³/mol. The zero-order chi connectivity index (χ0) is 18.4. The average molecular weight is 358 g/mol. The second-order valence-corrected chi connectivity index (χ2v) is 7.12. The second kappa shape index (κ2) is 8.83. The Hall–Kier alpha value is -2.37. The fourth-order valence-corrected chi connectivity index (χ4v) is 3.71. The summed E-state index contributed by atoms with van der Waals surface area (Å²) in [5.41, 5.74) is 2.91. The van der Waals surface area contributed by atoms with Crippen LogP contribution in [0.3, 0.4) is 0 Å². The number of fused-ring (bicyclic) bond motifs is 1. The third-order valence-corrected chi connectivity index (χ3v) is 5.11. The van der Waals surface area contributed by atoms with E-state index in [0.717, 1.165) is 44.9 Å². The first-order chi connectivity index (χ1) is 12.6. The SMILES string of the molecule is O=C(COC(=O)c1ccc2c(c1)CCCC2)NC(=O)NC1CCCCC1. The highest BCUT2D eigenvalue weighted by molar-refractivity contribution is 5.97. The van der Waals surface area contributed by atoms with E-state index >= 15 is 0 Å². The Balaban J connectivity index is 1.43. The van der Waals surface area contributed by atoms with Crippen LogP contribution in [0, 0.1) is 0 Å². The molecule has 2 aliphatic rings. The molecule has 1 aromatic rings. The van der Waals surface area contributed by atoms with E-state index < -0.39 is 24.5 Å². The highest BCUT2D eigenvalue weighted by atomic mass is 16.5. The van der Waals surface area contributed by atoms with Gasteiger partial charge in [0, 0.05) is 6.04 Å². The number of imide groups is 1. The zero-order valence-electron chi connectivity index (χ0n) is 15.0. The van der Waals surface area contributed by atoms with Gasteiger partial charge in [-0.15, -0.1) is 0 Å². The molecule has 0 bridgehead atoms. The van der Waals surface area contributed by atoms with Crippen LogP contribution in [0.15, 0.2) is 18.2 Å². The molecule has 0 atom stereocenters. The normalized spacial score (nSPS) is 17.1. The minimum atomic E-state index is -0.621. The van der Waals surface area contributed by atoms with Crippen molar-refractivity contribution in [3.8, 4) is 0 Å². The van der Waals surface area contributed by atoms with Crippen LogP contribution in [-0.2, 0) is 22.4 Å². The molecule has 2 N–H and O–H groups in total. The standard InChI is InChI=1S/C20H26N2O4/c23-18(22-20(25)21-17-8-2-1-3-9-17)13-26-19(24)16-11-10-14-6-4-5-7-15(14)12-16/h10-12,17H,1-9,13H2,(H2,21,22,23,25). The average Bonchev–Trinajstić information content (AvgIpc) is 2.66. The van der Waals surface area contributed by atoms with Crippen LogP contribution < -0.4 is 10.6 Å². The lowest BCUT2D eigenvalue weighted by atomic mass is 9.90. The van der Waals surface area contributed by atoms with Crippen molar-refractivity contribution in [2.24, 2.45) is 0 Å². The number of nitrogens with one attached hydrogen (secondary N) is 2. The van der Waals surface area contributed by atoms with Gasteiger partial charge in [0.25, 0.3) is 5.91 Å². The molecule has 0 radical (unpaired) electrons. The van der Waals surface area contributed by atoms with Crippen LogP contribution in [0.25, 0.3) is 0 Å². The summed E-state index contributed by atoms with van der Waals surface area (Å²) in [6.07, 6.45) is 9.58. The first kappa shape index (κ1) is 18.4. The number of hydrogen-bond donors (Lipinski definition) is 2. The third-order valence-electron chi connectivity index (χ3n) is 5.11. The molecule has 1 aromatic carbocycles. The number of aryl methyl sites for hydroxylation is 2. The number of urea groups is 1. The van der Waals surface area contributed by atoms with Crippen molar-refractivity contribution in [3.05, 3.63) is 34.9 Å². The number of amides is 3. The van der Waals surface area contributed by atoms with Gasteiger partial charge in [-0.3, -0.25) is 10.1 Å². The van der Waals surface area contributed by atoms with E-state index in [1.807, 2.05) is 12.1 Å². The Morgan fingerprint density at radius 1 is 0.962 bits per heavy atom. The van der Waals surface area contributed by atoms with Crippen LogP contribution in [0.2, 0.25) is 0 Å². The molecular formula is C20H26N2O4. The molecule has 1 fully saturated rings. The monoisotopic (exact) mass is 358 g/mol. The number of rotatable bonds is 4. The summed E-state index contributed by atoms with van der Waals surface area (Å²) in [5, 5.41) is 5.01. The van der Waals surface area contributed by atoms with Crippen molar-refractivity contribution >= 4 is 17.9 Å². The van der Waals surface area contributed by atoms with Crippen molar-refractivity contribution in [1.82, 2.24) is 10.6 Å².